The van der Waals surface area contributed by atoms with Crippen LogP contribution in [0.2, 0.25) is 0 Å². The van der Waals surface area contributed by atoms with Gasteiger partial charge in [-0.2, -0.15) is 0 Å². The molecule has 0 aromatic heterocycles. The van der Waals surface area contributed by atoms with E-state index in [1.54, 1.807) is 0 Å². The molecule has 0 heterocycles. The van der Waals surface area contributed by atoms with Crippen LogP contribution in [-0.2, 0) is 10.4 Å². The average molecular weight is 625 g/mol. The van der Waals surface area contributed by atoms with Gasteiger partial charge in [-0.05, 0) is 99.3 Å². The summed E-state index contributed by atoms with van der Waals surface area (Å²) in [6.45, 7) is 11.0. The fourth-order valence-corrected chi connectivity index (χ4v) is 9.08. The van der Waals surface area contributed by atoms with Gasteiger partial charge in [0.05, 0.1) is 6.16 Å². The standard InChI is InChI=1S/C38H40P.H2O4S/c1-30(24-26-35-27-25-32(3)33(4)34(35)5)16-15-17-31(2)28-29-39(36-18-9-6-10-19-36,37-20-11-7-12-21-37)38-22-13-8-14-23-38;1-5(2,3)4/h6-28H,29H2,1-5H3;(H2,1,2,3,4)/q+1;/p-1. The topological polar surface area (TPSA) is 77.4 Å². The SMILES string of the molecule is CC(C=Cc1ccc(C)c(C)c1C)=CC=CC(C)=CC[P+](c1ccccc1)(c1ccccc1)c1ccccc1.O=S(=O)([O-])O. The Morgan fingerprint density at radius 2 is 1.16 bits per heavy atom. The molecule has 0 aliphatic carbocycles. The molecule has 0 spiro atoms. The van der Waals surface area contributed by atoms with Crippen LogP contribution in [0.5, 0.6) is 0 Å². The molecule has 6 heteroatoms. The van der Waals surface area contributed by atoms with Gasteiger partial charge in [0.2, 0.25) is 10.4 Å². The van der Waals surface area contributed by atoms with Gasteiger partial charge < -0.3 is 4.55 Å². The quantitative estimate of drug-likeness (QED) is 0.0884. The molecule has 1 N–H and O–H groups in total. The Morgan fingerprint density at radius 1 is 0.705 bits per heavy atom. The van der Waals surface area contributed by atoms with Crippen molar-refractivity contribution in [2.24, 2.45) is 0 Å². The molecule has 4 nitrogen and oxygen atoms in total. The molecule has 0 radical (unpaired) electrons. The molecule has 0 amide bonds. The van der Waals surface area contributed by atoms with Crippen LogP contribution in [0.15, 0.2) is 145 Å². The predicted octanol–water partition coefficient (Wildman–Crippen LogP) is 8.07. The van der Waals surface area contributed by atoms with E-state index in [2.05, 4.69) is 174 Å². The van der Waals surface area contributed by atoms with E-state index in [0.29, 0.717) is 0 Å². The van der Waals surface area contributed by atoms with Crippen molar-refractivity contribution in [2.45, 2.75) is 34.6 Å². The normalized spacial score (nSPS) is 12.8. The van der Waals surface area contributed by atoms with E-state index in [9.17, 15) is 0 Å². The fourth-order valence-electron chi connectivity index (χ4n) is 4.95. The Kier molecular flexibility index (Phi) is 12.8. The number of hydrogen-bond acceptors (Lipinski definition) is 3. The van der Waals surface area contributed by atoms with Crippen LogP contribution in [0.3, 0.4) is 0 Å². The van der Waals surface area contributed by atoms with Gasteiger partial charge in [0.15, 0.2) is 0 Å². The zero-order chi connectivity index (χ0) is 32.2. The number of allylic oxidation sites excluding steroid dienone is 7. The number of benzene rings is 4. The summed E-state index contributed by atoms with van der Waals surface area (Å²) in [5, 5.41) is 4.24. The lowest BCUT2D eigenvalue weighted by Crippen LogP contribution is -2.33. The van der Waals surface area contributed by atoms with Crippen LogP contribution >= 0.6 is 7.26 Å². The first-order valence-corrected chi connectivity index (χ1v) is 17.8. The molecule has 44 heavy (non-hydrogen) atoms. The van der Waals surface area contributed by atoms with Crippen LogP contribution < -0.4 is 15.9 Å². The lowest BCUT2D eigenvalue weighted by molar-refractivity contribution is 0.366. The summed E-state index contributed by atoms with van der Waals surface area (Å²) in [6, 6.07) is 37.7. The smallest absolute Gasteiger partial charge is 0.215 e. The molecule has 4 rings (SSSR count). The van der Waals surface area contributed by atoms with Crippen LogP contribution in [0, 0.1) is 20.8 Å². The van der Waals surface area contributed by atoms with Crippen LogP contribution in [0.1, 0.15) is 36.1 Å². The highest BCUT2D eigenvalue weighted by molar-refractivity contribution is 7.95. The molecule has 0 bridgehead atoms. The Labute approximate surface area is 264 Å². The second kappa shape index (κ2) is 16.3. The maximum absolute atomic E-state index is 8.63. The summed E-state index contributed by atoms with van der Waals surface area (Å²) >= 11 is 0. The lowest BCUT2D eigenvalue weighted by Gasteiger charge is -2.26. The molecule has 0 saturated carbocycles. The Bertz CT molecular complexity index is 1630. The number of hydrogen-bond donors (Lipinski definition) is 1. The van der Waals surface area contributed by atoms with Gasteiger partial charge in [0.1, 0.15) is 23.2 Å². The molecule has 0 aliphatic heterocycles. The van der Waals surface area contributed by atoms with Crippen molar-refractivity contribution < 1.29 is 17.5 Å². The van der Waals surface area contributed by atoms with Crippen LogP contribution in [0.4, 0.5) is 0 Å². The van der Waals surface area contributed by atoms with Crippen molar-refractivity contribution in [3.63, 3.8) is 0 Å². The van der Waals surface area contributed by atoms with Gasteiger partial charge >= 0.3 is 0 Å². The monoisotopic (exact) mass is 624 g/mol. The van der Waals surface area contributed by atoms with E-state index in [4.69, 9.17) is 17.5 Å². The summed E-state index contributed by atoms with van der Waals surface area (Å²) in [6.07, 6.45) is 14.4. The van der Waals surface area contributed by atoms with E-state index in [1.807, 2.05) is 0 Å². The van der Waals surface area contributed by atoms with Crippen LogP contribution in [-0.4, -0.2) is 23.7 Å². The maximum atomic E-state index is 8.63. The first kappa shape index (κ1) is 34.6. The van der Waals surface area contributed by atoms with Crippen LogP contribution in [0.25, 0.3) is 6.08 Å². The zero-order valence-corrected chi connectivity index (χ0v) is 27.7. The van der Waals surface area contributed by atoms with E-state index >= 15 is 0 Å². The lowest BCUT2D eigenvalue weighted by atomic mass is 9.98. The number of aryl methyl sites for hydroxylation is 1. The maximum Gasteiger partial charge on any atom is 0.215 e. The summed E-state index contributed by atoms with van der Waals surface area (Å²) in [7, 11) is -6.77. The minimum absolute atomic E-state index is 0.982. The molecule has 0 unspecified atom stereocenters. The van der Waals surface area contributed by atoms with Crippen molar-refractivity contribution in [2.75, 3.05) is 6.16 Å². The van der Waals surface area contributed by atoms with Crippen molar-refractivity contribution in [3.8, 4) is 0 Å². The molecular formula is C38H41O4PS. The van der Waals surface area contributed by atoms with Gasteiger partial charge in [-0.25, -0.2) is 8.42 Å². The summed E-state index contributed by atoms with van der Waals surface area (Å²) in [5.41, 5.74) is 7.88. The molecule has 4 aromatic rings. The van der Waals surface area contributed by atoms with Gasteiger partial charge in [0.25, 0.3) is 0 Å². The number of rotatable bonds is 9. The Morgan fingerprint density at radius 3 is 1.61 bits per heavy atom. The van der Waals surface area contributed by atoms with E-state index in [1.165, 1.54) is 49.3 Å². The average Bonchev–Trinajstić information content (AvgIpc) is 3.01. The highest BCUT2D eigenvalue weighted by Gasteiger charge is 2.44. The largest absolute Gasteiger partial charge is 0.726 e. The second-order valence-electron chi connectivity index (χ2n) is 10.7. The second-order valence-corrected chi connectivity index (χ2v) is 15.1. The first-order chi connectivity index (χ1) is 20.9. The molecule has 0 aliphatic rings. The molecule has 0 saturated heterocycles. The molecule has 0 fully saturated rings. The van der Waals surface area contributed by atoms with E-state index in [0.717, 1.165) is 6.16 Å². The van der Waals surface area contributed by atoms with Gasteiger partial charge in [0, 0.05) is 0 Å². The first-order valence-electron chi connectivity index (χ1n) is 14.4. The zero-order valence-electron chi connectivity index (χ0n) is 26.0. The van der Waals surface area contributed by atoms with Gasteiger partial charge in [-0.3, -0.25) is 4.55 Å². The Balaban J connectivity index is 0.000000978. The van der Waals surface area contributed by atoms with Crippen molar-refractivity contribution in [1.29, 1.82) is 0 Å². The molecule has 0 atom stereocenters. The minimum atomic E-state index is -4.92. The van der Waals surface area contributed by atoms with E-state index < -0.39 is 17.7 Å². The van der Waals surface area contributed by atoms with E-state index in [-0.39, 0.29) is 0 Å². The van der Waals surface area contributed by atoms with Crippen molar-refractivity contribution in [3.05, 3.63) is 167 Å². The summed E-state index contributed by atoms with van der Waals surface area (Å²) < 4.78 is 32.8. The molecule has 4 aromatic carbocycles. The molecular weight excluding hydrogens is 583 g/mol. The highest BCUT2D eigenvalue weighted by Crippen LogP contribution is 2.55. The third-order valence-electron chi connectivity index (χ3n) is 7.62. The fraction of sp³-hybridized carbons (Fsp3) is 0.158. The highest BCUT2D eigenvalue weighted by atomic mass is 32.3. The van der Waals surface area contributed by atoms with Crippen molar-refractivity contribution >= 4 is 39.7 Å². The minimum Gasteiger partial charge on any atom is -0.726 e. The van der Waals surface area contributed by atoms with Crippen molar-refractivity contribution in [1.82, 2.24) is 0 Å². The van der Waals surface area contributed by atoms with Gasteiger partial charge in [-0.15, -0.1) is 0 Å². The molecule has 228 valence electrons. The van der Waals surface area contributed by atoms with Gasteiger partial charge in [-0.1, -0.05) is 108 Å². The summed E-state index contributed by atoms with van der Waals surface area (Å²) in [4.78, 5) is 0. The summed E-state index contributed by atoms with van der Waals surface area (Å²) in [5.74, 6) is 0. The third kappa shape index (κ3) is 10.1. The predicted molar refractivity (Wildman–Crippen MR) is 189 cm³/mol. The Hall–Kier alpha value is -3.86. The third-order valence-corrected chi connectivity index (χ3v) is 11.9.